The van der Waals surface area contributed by atoms with Crippen molar-refractivity contribution in [3.63, 3.8) is 0 Å². The Bertz CT molecular complexity index is 615. The van der Waals surface area contributed by atoms with Crippen molar-refractivity contribution in [2.75, 3.05) is 0 Å². The Hall–Kier alpha value is -1.47. The second-order valence-corrected chi connectivity index (χ2v) is 7.01. The second kappa shape index (κ2) is 5.49. The largest absolute Gasteiger partial charge is 0.480 e. The summed E-state index contributed by atoms with van der Waals surface area (Å²) >= 11 is 0. The highest BCUT2D eigenvalue weighted by molar-refractivity contribution is 7.89. The smallest absolute Gasteiger partial charge is 0.322 e. The standard InChI is InChI=1S/C13H18N2O4S/c1-9-6-11(8-14-7-9)20(18,19)15-10(2)4-3-5-12(15)13(16)17/h6-8,10,12H,3-5H2,1-2H3,(H,16,17)/t10-,12-/m1/s1. The molecule has 2 atom stereocenters. The molecule has 0 aromatic carbocycles. The number of rotatable bonds is 3. The maximum absolute atomic E-state index is 12.7. The van der Waals surface area contributed by atoms with Crippen LogP contribution in [0.3, 0.4) is 0 Å². The van der Waals surface area contributed by atoms with Gasteiger partial charge in [0.25, 0.3) is 0 Å². The lowest BCUT2D eigenvalue weighted by molar-refractivity contribution is -0.143. The first-order valence-corrected chi connectivity index (χ1v) is 7.96. The third-order valence-electron chi connectivity index (χ3n) is 3.55. The minimum atomic E-state index is -3.84. The molecular weight excluding hydrogens is 280 g/mol. The number of hydrogen-bond donors (Lipinski definition) is 1. The van der Waals surface area contributed by atoms with Gasteiger partial charge in [-0.3, -0.25) is 9.78 Å². The molecule has 0 unspecified atom stereocenters. The van der Waals surface area contributed by atoms with Gasteiger partial charge in [-0.15, -0.1) is 0 Å². The van der Waals surface area contributed by atoms with Gasteiger partial charge >= 0.3 is 5.97 Å². The van der Waals surface area contributed by atoms with Gasteiger partial charge in [-0.1, -0.05) is 0 Å². The molecule has 1 aromatic heterocycles. The highest BCUT2D eigenvalue weighted by Gasteiger charge is 2.41. The second-order valence-electron chi connectivity index (χ2n) is 5.17. The van der Waals surface area contributed by atoms with Crippen molar-refractivity contribution in [3.05, 3.63) is 24.0 Å². The monoisotopic (exact) mass is 298 g/mol. The summed E-state index contributed by atoms with van der Waals surface area (Å²) in [6, 6.07) is 0.197. The van der Waals surface area contributed by atoms with E-state index in [4.69, 9.17) is 0 Å². The van der Waals surface area contributed by atoms with E-state index in [-0.39, 0.29) is 10.9 Å². The Labute approximate surface area is 118 Å². The first kappa shape index (κ1) is 14.9. The quantitative estimate of drug-likeness (QED) is 0.911. The Kier molecular flexibility index (Phi) is 4.10. The molecule has 20 heavy (non-hydrogen) atoms. The third kappa shape index (κ3) is 2.69. The maximum atomic E-state index is 12.7. The number of carbonyl (C=O) groups is 1. The topological polar surface area (TPSA) is 87.6 Å². The molecule has 7 heteroatoms. The van der Waals surface area contributed by atoms with Gasteiger partial charge in [0.2, 0.25) is 10.0 Å². The van der Waals surface area contributed by atoms with Crippen LogP contribution in [0, 0.1) is 6.92 Å². The van der Waals surface area contributed by atoms with E-state index in [0.29, 0.717) is 12.8 Å². The number of nitrogens with zero attached hydrogens (tertiary/aromatic N) is 2. The van der Waals surface area contributed by atoms with E-state index in [9.17, 15) is 18.3 Å². The molecule has 0 radical (unpaired) electrons. The lowest BCUT2D eigenvalue weighted by atomic mass is 10.00. The fourth-order valence-electron chi connectivity index (χ4n) is 2.60. The van der Waals surface area contributed by atoms with Crippen LogP contribution in [0.5, 0.6) is 0 Å². The molecule has 6 nitrogen and oxygen atoms in total. The van der Waals surface area contributed by atoms with Crippen LogP contribution in [-0.2, 0) is 14.8 Å². The fourth-order valence-corrected chi connectivity index (χ4v) is 4.48. The van der Waals surface area contributed by atoms with E-state index in [1.54, 1.807) is 20.0 Å². The van der Waals surface area contributed by atoms with E-state index in [1.807, 2.05) is 0 Å². The molecular formula is C13H18N2O4S. The summed E-state index contributed by atoms with van der Waals surface area (Å²) in [6.45, 7) is 3.50. The minimum Gasteiger partial charge on any atom is -0.480 e. The normalized spacial score (nSPS) is 24.5. The number of carboxylic acid groups (broad SMARTS) is 1. The molecule has 0 aliphatic carbocycles. The lowest BCUT2D eigenvalue weighted by Gasteiger charge is -2.37. The number of carboxylic acids is 1. The Balaban J connectivity index is 2.47. The van der Waals surface area contributed by atoms with E-state index in [2.05, 4.69) is 4.98 Å². The number of pyridine rings is 1. The van der Waals surface area contributed by atoms with E-state index >= 15 is 0 Å². The first-order valence-electron chi connectivity index (χ1n) is 6.52. The molecule has 2 rings (SSSR count). The van der Waals surface area contributed by atoms with Crippen LogP contribution < -0.4 is 0 Å². The van der Waals surface area contributed by atoms with Gasteiger partial charge in [0.05, 0.1) is 0 Å². The van der Waals surface area contributed by atoms with Gasteiger partial charge in [0.15, 0.2) is 0 Å². The maximum Gasteiger partial charge on any atom is 0.322 e. The highest BCUT2D eigenvalue weighted by Crippen LogP contribution is 2.29. The van der Waals surface area contributed by atoms with Crippen LogP contribution in [0.2, 0.25) is 0 Å². The molecule has 110 valence electrons. The summed E-state index contributed by atoms with van der Waals surface area (Å²) in [5.74, 6) is -1.10. The van der Waals surface area contributed by atoms with Gasteiger partial charge in [-0.25, -0.2) is 8.42 Å². The zero-order valence-corrected chi connectivity index (χ0v) is 12.3. The van der Waals surface area contributed by atoms with Gasteiger partial charge < -0.3 is 5.11 Å². The van der Waals surface area contributed by atoms with Crippen molar-refractivity contribution in [1.29, 1.82) is 0 Å². The molecule has 1 aliphatic heterocycles. The van der Waals surface area contributed by atoms with Crippen molar-refractivity contribution < 1.29 is 18.3 Å². The number of aromatic nitrogens is 1. The fraction of sp³-hybridized carbons (Fsp3) is 0.538. The summed E-state index contributed by atoms with van der Waals surface area (Å²) in [7, 11) is -3.84. The van der Waals surface area contributed by atoms with Crippen LogP contribution in [-0.4, -0.2) is 40.9 Å². The highest BCUT2D eigenvalue weighted by atomic mass is 32.2. The zero-order valence-electron chi connectivity index (χ0n) is 11.5. The average molecular weight is 298 g/mol. The summed E-state index contributed by atoms with van der Waals surface area (Å²) in [6.07, 6.45) is 4.56. The van der Waals surface area contributed by atoms with E-state index in [0.717, 1.165) is 16.3 Å². The number of piperidine rings is 1. The molecule has 0 bridgehead atoms. The Morgan fingerprint density at radius 3 is 2.70 bits per heavy atom. The molecule has 0 spiro atoms. The van der Waals surface area contributed by atoms with Gasteiger partial charge in [0.1, 0.15) is 10.9 Å². The van der Waals surface area contributed by atoms with Crippen LogP contribution in [0.1, 0.15) is 31.7 Å². The Morgan fingerprint density at radius 2 is 2.10 bits per heavy atom. The molecule has 1 saturated heterocycles. The van der Waals surface area contributed by atoms with Gasteiger partial charge in [-0.2, -0.15) is 4.31 Å². The molecule has 2 heterocycles. The Morgan fingerprint density at radius 1 is 1.40 bits per heavy atom. The van der Waals surface area contributed by atoms with E-state index in [1.165, 1.54) is 12.3 Å². The summed E-state index contributed by atoms with van der Waals surface area (Å²) in [5, 5.41) is 9.27. The molecule has 1 aromatic rings. The van der Waals surface area contributed by atoms with Gasteiger partial charge in [-0.05, 0) is 44.7 Å². The first-order chi connectivity index (χ1) is 9.34. The SMILES string of the molecule is Cc1cncc(S(=O)(=O)N2[C@H](C)CCC[C@@H]2C(=O)O)c1. The predicted octanol–water partition coefficient (Wildman–Crippen LogP) is 1.41. The molecule has 1 fully saturated rings. The summed E-state index contributed by atoms with van der Waals surface area (Å²) in [5.41, 5.74) is 0.725. The molecule has 0 saturated carbocycles. The van der Waals surface area contributed by atoms with Crippen LogP contribution in [0.4, 0.5) is 0 Å². The molecule has 1 aliphatic rings. The average Bonchev–Trinajstić information content (AvgIpc) is 2.38. The van der Waals surface area contributed by atoms with Gasteiger partial charge in [0, 0.05) is 18.4 Å². The van der Waals surface area contributed by atoms with Crippen molar-refractivity contribution in [1.82, 2.24) is 9.29 Å². The summed E-state index contributed by atoms with van der Waals surface area (Å²) in [4.78, 5) is 15.3. The van der Waals surface area contributed by atoms with E-state index < -0.39 is 22.0 Å². The minimum absolute atomic E-state index is 0.0532. The molecule has 1 N–H and O–H groups in total. The predicted molar refractivity (Wildman–Crippen MR) is 72.7 cm³/mol. The number of aliphatic carboxylic acids is 1. The van der Waals surface area contributed by atoms with Crippen LogP contribution >= 0.6 is 0 Å². The zero-order chi connectivity index (χ0) is 14.9. The number of sulfonamides is 1. The number of hydrogen-bond acceptors (Lipinski definition) is 4. The third-order valence-corrected chi connectivity index (χ3v) is 5.54. The van der Waals surface area contributed by atoms with Crippen LogP contribution in [0.25, 0.3) is 0 Å². The summed E-state index contributed by atoms with van der Waals surface area (Å²) < 4.78 is 26.5. The van der Waals surface area contributed by atoms with Crippen molar-refractivity contribution in [2.24, 2.45) is 0 Å². The molecule has 0 amide bonds. The van der Waals surface area contributed by atoms with Crippen molar-refractivity contribution in [3.8, 4) is 0 Å². The number of aryl methyl sites for hydroxylation is 1. The lowest BCUT2D eigenvalue weighted by Crippen LogP contribution is -2.52. The van der Waals surface area contributed by atoms with Crippen LogP contribution in [0.15, 0.2) is 23.4 Å². The van der Waals surface area contributed by atoms with Crippen molar-refractivity contribution >= 4 is 16.0 Å². The van der Waals surface area contributed by atoms with Crippen molar-refractivity contribution in [2.45, 2.75) is 50.1 Å².